The van der Waals surface area contributed by atoms with Crippen LogP contribution in [0.3, 0.4) is 0 Å². The van der Waals surface area contributed by atoms with Crippen LogP contribution in [0.1, 0.15) is 22.8 Å². The molecule has 2 amide bonds. The Bertz CT molecular complexity index is 1200. The zero-order valence-electron chi connectivity index (χ0n) is 16.1. The number of hydrogen-bond donors (Lipinski definition) is 2. The molecule has 1 aromatic heterocycles. The Kier molecular flexibility index (Phi) is 4.92. The van der Waals surface area contributed by atoms with E-state index >= 15 is 0 Å². The van der Waals surface area contributed by atoms with Gasteiger partial charge in [-0.1, -0.05) is 18.2 Å². The van der Waals surface area contributed by atoms with Crippen molar-refractivity contribution < 1.29 is 32.3 Å². The van der Waals surface area contributed by atoms with Gasteiger partial charge in [-0.05, 0) is 31.2 Å². The molecule has 1 aliphatic rings. The second-order valence-corrected chi connectivity index (χ2v) is 7.00. The number of alkyl halides is 3. The van der Waals surface area contributed by atoms with Crippen molar-refractivity contribution in [3.8, 4) is 0 Å². The number of halogens is 3. The number of aromatic amines is 1. The van der Waals surface area contributed by atoms with Crippen molar-refractivity contribution in [2.24, 2.45) is 0 Å². The first-order chi connectivity index (χ1) is 14.6. The molecular weight excluding hydrogens is 415 g/mol. The number of fused-ring (bicyclic) bond motifs is 2. The van der Waals surface area contributed by atoms with E-state index in [1.165, 1.54) is 13.1 Å². The number of nitrogens with zero attached hydrogens (tertiary/aromatic N) is 1. The van der Waals surface area contributed by atoms with Crippen LogP contribution >= 0.6 is 0 Å². The number of rotatable bonds is 3. The van der Waals surface area contributed by atoms with Crippen LogP contribution in [0.4, 0.5) is 24.5 Å². The number of benzene rings is 2. The van der Waals surface area contributed by atoms with E-state index in [1.54, 1.807) is 24.3 Å². The molecule has 1 atom stereocenters. The fourth-order valence-corrected chi connectivity index (χ4v) is 3.40. The molecule has 10 heteroatoms. The number of esters is 1. The molecule has 160 valence electrons. The van der Waals surface area contributed by atoms with Gasteiger partial charge in [0.15, 0.2) is 6.10 Å². The molecule has 0 saturated heterocycles. The highest BCUT2D eigenvalue weighted by molar-refractivity contribution is 6.12. The number of carbonyl (C=O) groups is 3. The molecule has 0 unspecified atom stereocenters. The standard InChI is InChI=1S/C21H16F3N3O4/c1-11(31-20(30)14-9-25-15-5-3-2-4-13(14)15)19(29)27-10-18(28)26-16-8-12(21(22,23)24)6-7-17(16)27/h2-9,11,25H,10H2,1H3,(H,26,28)/t11-/m0/s1. The second-order valence-electron chi connectivity index (χ2n) is 7.00. The number of H-pyrrole nitrogens is 1. The van der Waals surface area contributed by atoms with Crippen LogP contribution in [0, 0.1) is 0 Å². The molecule has 7 nitrogen and oxygen atoms in total. The van der Waals surface area contributed by atoms with E-state index in [1.807, 2.05) is 0 Å². The fourth-order valence-electron chi connectivity index (χ4n) is 3.40. The minimum atomic E-state index is -4.60. The number of anilines is 2. The normalized spacial score (nSPS) is 14.7. The zero-order chi connectivity index (χ0) is 22.3. The number of carbonyl (C=O) groups excluding carboxylic acids is 3. The third-order valence-corrected chi connectivity index (χ3v) is 4.90. The van der Waals surface area contributed by atoms with Gasteiger partial charge in [0.1, 0.15) is 6.54 Å². The molecule has 4 rings (SSSR count). The van der Waals surface area contributed by atoms with E-state index in [-0.39, 0.29) is 16.9 Å². The maximum Gasteiger partial charge on any atom is 0.416 e. The average Bonchev–Trinajstić information content (AvgIpc) is 3.15. The van der Waals surface area contributed by atoms with Crippen molar-refractivity contribution in [1.29, 1.82) is 0 Å². The predicted molar refractivity (Wildman–Crippen MR) is 106 cm³/mol. The predicted octanol–water partition coefficient (Wildman–Crippen LogP) is 3.72. The zero-order valence-corrected chi connectivity index (χ0v) is 16.1. The summed E-state index contributed by atoms with van der Waals surface area (Å²) in [6, 6.07) is 9.72. The quantitative estimate of drug-likeness (QED) is 0.619. The Labute approximate surface area is 173 Å². The summed E-state index contributed by atoms with van der Waals surface area (Å²) in [5, 5.41) is 2.95. The topological polar surface area (TPSA) is 91.5 Å². The molecule has 0 aliphatic carbocycles. The van der Waals surface area contributed by atoms with Crippen molar-refractivity contribution in [2.75, 3.05) is 16.8 Å². The lowest BCUT2D eigenvalue weighted by molar-refractivity contribution is -0.137. The number of amides is 2. The average molecular weight is 431 g/mol. The molecule has 0 saturated carbocycles. The maximum absolute atomic E-state index is 13.0. The highest BCUT2D eigenvalue weighted by Crippen LogP contribution is 2.37. The van der Waals surface area contributed by atoms with Gasteiger partial charge in [-0.2, -0.15) is 13.2 Å². The third kappa shape index (κ3) is 3.83. The maximum atomic E-state index is 13.0. The lowest BCUT2D eigenvalue weighted by Crippen LogP contribution is -2.47. The molecule has 0 fully saturated rings. The lowest BCUT2D eigenvalue weighted by Gasteiger charge is -2.31. The van der Waals surface area contributed by atoms with Crippen molar-refractivity contribution in [2.45, 2.75) is 19.2 Å². The van der Waals surface area contributed by atoms with Gasteiger partial charge in [0.2, 0.25) is 5.91 Å². The summed E-state index contributed by atoms with van der Waals surface area (Å²) in [6.07, 6.45) is -4.41. The third-order valence-electron chi connectivity index (χ3n) is 4.90. The molecule has 2 N–H and O–H groups in total. The summed E-state index contributed by atoms with van der Waals surface area (Å²) in [6.45, 7) is 0.928. The van der Waals surface area contributed by atoms with Gasteiger partial charge in [0.25, 0.3) is 5.91 Å². The Morgan fingerprint density at radius 1 is 1.16 bits per heavy atom. The van der Waals surface area contributed by atoms with Crippen LogP contribution in [0.25, 0.3) is 10.9 Å². The number of nitrogens with one attached hydrogen (secondary N) is 2. The van der Waals surface area contributed by atoms with Crippen LogP contribution in [-0.2, 0) is 20.5 Å². The summed E-state index contributed by atoms with van der Waals surface area (Å²) >= 11 is 0. The smallest absolute Gasteiger partial charge is 0.416 e. The van der Waals surface area contributed by atoms with Gasteiger partial charge in [-0.15, -0.1) is 0 Å². The minimum absolute atomic E-state index is 0.0904. The number of aromatic nitrogens is 1. The molecule has 0 radical (unpaired) electrons. The summed E-state index contributed by atoms with van der Waals surface area (Å²) in [4.78, 5) is 41.4. The second kappa shape index (κ2) is 7.46. The van der Waals surface area contributed by atoms with Crippen LogP contribution in [0.15, 0.2) is 48.7 Å². The molecule has 1 aliphatic heterocycles. The molecule has 3 aromatic rings. The van der Waals surface area contributed by atoms with Crippen molar-refractivity contribution >= 4 is 40.1 Å². The van der Waals surface area contributed by atoms with E-state index in [0.29, 0.717) is 5.39 Å². The molecule has 31 heavy (non-hydrogen) atoms. The van der Waals surface area contributed by atoms with Gasteiger partial charge < -0.3 is 15.0 Å². The Morgan fingerprint density at radius 3 is 2.65 bits per heavy atom. The molecule has 0 bridgehead atoms. The summed E-state index contributed by atoms with van der Waals surface area (Å²) in [7, 11) is 0. The van der Waals surface area contributed by atoms with Gasteiger partial charge in [-0.25, -0.2) is 4.79 Å². The van der Waals surface area contributed by atoms with Crippen molar-refractivity contribution in [3.05, 3.63) is 59.8 Å². The monoisotopic (exact) mass is 431 g/mol. The number of ether oxygens (including phenoxy) is 1. The van der Waals surface area contributed by atoms with Crippen LogP contribution < -0.4 is 10.2 Å². The molecular formula is C21H16F3N3O4. The Morgan fingerprint density at radius 2 is 1.90 bits per heavy atom. The lowest BCUT2D eigenvalue weighted by atomic mass is 10.1. The van der Waals surface area contributed by atoms with Gasteiger partial charge in [0.05, 0.1) is 22.5 Å². The number of hydrogen-bond acceptors (Lipinski definition) is 4. The molecule has 2 aromatic carbocycles. The highest BCUT2D eigenvalue weighted by Gasteiger charge is 2.35. The van der Waals surface area contributed by atoms with E-state index in [2.05, 4.69) is 10.3 Å². The van der Waals surface area contributed by atoms with E-state index in [4.69, 9.17) is 4.74 Å². The molecule has 0 spiro atoms. The van der Waals surface area contributed by atoms with Crippen LogP contribution in [0.5, 0.6) is 0 Å². The summed E-state index contributed by atoms with van der Waals surface area (Å²) in [5.41, 5.74) is -0.0563. The first-order valence-electron chi connectivity index (χ1n) is 9.24. The van der Waals surface area contributed by atoms with Crippen molar-refractivity contribution in [3.63, 3.8) is 0 Å². The van der Waals surface area contributed by atoms with Crippen LogP contribution in [-0.4, -0.2) is 35.4 Å². The van der Waals surface area contributed by atoms with Gasteiger partial charge in [0, 0.05) is 17.1 Å². The van der Waals surface area contributed by atoms with E-state index < -0.39 is 42.2 Å². The van der Waals surface area contributed by atoms with Crippen molar-refractivity contribution in [1.82, 2.24) is 4.98 Å². The fraction of sp³-hybridized carbons (Fsp3) is 0.190. The Hall–Kier alpha value is -3.82. The first kappa shape index (κ1) is 20.5. The van der Waals surface area contributed by atoms with Gasteiger partial charge >= 0.3 is 12.1 Å². The van der Waals surface area contributed by atoms with Gasteiger partial charge in [-0.3, -0.25) is 14.5 Å². The largest absolute Gasteiger partial charge is 0.449 e. The Balaban J connectivity index is 1.56. The number of para-hydroxylation sites is 1. The van der Waals surface area contributed by atoms with Crippen LogP contribution in [0.2, 0.25) is 0 Å². The summed E-state index contributed by atoms with van der Waals surface area (Å²) in [5.74, 6) is -2.13. The summed E-state index contributed by atoms with van der Waals surface area (Å²) < 4.78 is 44.2. The SMILES string of the molecule is C[C@H](OC(=O)c1c[nH]c2ccccc12)C(=O)N1CC(=O)Nc2cc(C(F)(F)F)ccc21. The highest BCUT2D eigenvalue weighted by atomic mass is 19.4. The minimum Gasteiger partial charge on any atom is -0.449 e. The first-order valence-corrected chi connectivity index (χ1v) is 9.24. The van der Waals surface area contributed by atoms with E-state index in [0.717, 1.165) is 28.6 Å². The molecule has 2 heterocycles. The van der Waals surface area contributed by atoms with E-state index in [9.17, 15) is 27.6 Å².